The van der Waals surface area contributed by atoms with E-state index >= 15 is 0 Å². The fourth-order valence-corrected chi connectivity index (χ4v) is 3.39. The molecule has 0 spiro atoms. The predicted octanol–water partition coefficient (Wildman–Crippen LogP) is 1.69. The van der Waals surface area contributed by atoms with Gasteiger partial charge in [-0.15, -0.1) is 0 Å². The molecule has 0 bridgehead atoms. The Labute approximate surface area is 136 Å². The largest absolute Gasteiger partial charge is 0.339 e. The van der Waals surface area contributed by atoms with Crippen LogP contribution in [0, 0.1) is 5.82 Å². The van der Waals surface area contributed by atoms with Crippen LogP contribution in [0.25, 0.3) is 0 Å². The highest BCUT2D eigenvalue weighted by atomic mass is 32.2. The van der Waals surface area contributed by atoms with E-state index in [1.165, 1.54) is 12.1 Å². The Bertz CT molecular complexity index is 631. The molecule has 1 aliphatic heterocycles. The fraction of sp³-hybridized carbons (Fsp3) is 0.562. The third kappa shape index (κ3) is 5.91. The lowest BCUT2D eigenvalue weighted by atomic mass is 9.95. The monoisotopic (exact) mass is 342 g/mol. The molecule has 1 aliphatic rings. The number of nitrogens with zero attached hydrogens (tertiary/aromatic N) is 1. The first-order chi connectivity index (χ1) is 10.8. The topological polar surface area (TPSA) is 66.5 Å². The van der Waals surface area contributed by atoms with Crippen LogP contribution in [0.1, 0.15) is 31.2 Å². The molecule has 1 heterocycles. The molecule has 0 saturated carbocycles. The molecule has 5 nitrogen and oxygen atoms in total. The molecule has 1 aromatic carbocycles. The molecule has 23 heavy (non-hydrogen) atoms. The number of carbonyl (C=O) groups excluding carboxylic acids is 1. The van der Waals surface area contributed by atoms with E-state index in [4.69, 9.17) is 0 Å². The average molecular weight is 342 g/mol. The Morgan fingerprint density at radius 3 is 2.65 bits per heavy atom. The van der Waals surface area contributed by atoms with E-state index in [-0.39, 0.29) is 30.7 Å². The number of halogens is 1. The normalized spacial score (nSPS) is 18.9. The number of benzene rings is 1. The van der Waals surface area contributed by atoms with E-state index < -0.39 is 10.0 Å². The molecule has 1 N–H and O–H groups in total. The Morgan fingerprint density at radius 1 is 1.30 bits per heavy atom. The highest BCUT2D eigenvalue weighted by molar-refractivity contribution is 7.88. The van der Waals surface area contributed by atoms with E-state index in [1.54, 1.807) is 12.1 Å². The molecular formula is C16H23FN2O3S. The second-order valence-electron chi connectivity index (χ2n) is 5.98. The number of carbonyl (C=O) groups is 1. The molecular weight excluding hydrogens is 319 g/mol. The summed E-state index contributed by atoms with van der Waals surface area (Å²) in [5.41, 5.74) is 1.00. The van der Waals surface area contributed by atoms with Gasteiger partial charge in [-0.1, -0.05) is 12.1 Å². The maximum absolute atomic E-state index is 13.0. The zero-order valence-corrected chi connectivity index (χ0v) is 14.1. The van der Waals surface area contributed by atoms with Crippen LogP contribution in [0.4, 0.5) is 4.39 Å². The lowest BCUT2D eigenvalue weighted by molar-refractivity contribution is -0.134. The second-order valence-corrected chi connectivity index (χ2v) is 7.82. The number of rotatable bonds is 6. The van der Waals surface area contributed by atoms with Gasteiger partial charge in [0.15, 0.2) is 0 Å². The number of nitrogens with one attached hydrogen (secondary N) is 1. The minimum atomic E-state index is -3.27. The van der Waals surface area contributed by atoms with E-state index in [0.29, 0.717) is 13.0 Å². The summed E-state index contributed by atoms with van der Waals surface area (Å²) in [6, 6.07) is 6.45. The van der Waals surface area contributed by atoms with Crippen LogP contribution in [0.3, 0.4) is 0 Å². The Morgan fingerprint density at radius 2 is 2.00 bits per heavy atom. The van der Waals surface area contributed by atoms with Crippen molar-refractivity contribution in [1.29, 1.82) is 0 Å². The van der Waals surface area contributed by atoms with Gasteiger partial charge in [-0.2, -0.15) is 0 Å². The number of piperidine rings is 1. The number of hydrogen-bond donors (Lipinski definition) is 1. The number of amides is 1. The van der Waals surface area contributed by atoms with E-state index in [1.807, 2.05) is 4.90 Å². The number of likely N-dealkylation sites (tertiary alicyclic amines) is 1. The molecule has 0 aromatic heterocycles. The lowest BCUT2D eigenvalue weighted by Gasteiger charge is -2.36. The first-order valence-corrected chi connectivity index (χ1v) is 9.73. The number of sulfonamides is 1. The van der Waals surface area contributed by atoms with Crippen LogP contribution >= 0.6 is 0 Å². The summed E-state index contributed by atoms with van der Waals surface area (Å²) in [6.45, 7) is 0.820. The maximum Gasteiger partial charge on any atom is 0.224 e. The van der Waals surface area contributed by atoms with Gasteiger partial charge in [0.05, 0.1) is 6.26 Å². The van der Waals surface area contributed by atoms with Crippen LogP contribution < -0.4 is 4.72 Å². The van der Waals surface area contributed by atoms with Gasteiger partial charge in [-0.3, -0.25) is 4.79 Å². The van der Waals surface area contributed by atoms with Crippen molar-refractivity contribution in [1.82, 2.24) is 9.62 Å². The van der Waals surface area contributed by atoms with Gasteiger partial charge < -0.3 is 4.90 Å². The molecule has 0 aliphatic carbocycles. The molecule has 1 saturated heterocycles. The van der Waals surface area contributed by atoms with Gasteiger partial charge in [0, 0.05) is 25.6 Å². The summed E-state index contributed by atoms with van der Waals surface area (Å²) < 4.78 is 37.4. The lowest BCUT2D eigenvalue weighted by Crippen LogP contribution is -2.45. The third-order valence-corrected chi connectivity index (χ3v) is 4.76. The van der Waals surface area contributed by atoms with Crippen LogP contribution in [0.2, 0.25) is 0 Å². The first-order valence-electron chi connectivity index (χ1n) is 7.84. The fourth-order valence-electron chi connectivity index (χ4n) is 2.92. The second kappa shape index (κ2) is 7.88. The molecule has 1 fully saturated rings. The Kier molecular flexibility index (Phi) is 6.12. The minimum Gasteiger partial charge on any atom is -0.339 e. The third-order valence-electron chi connectivity index (χ3n) is 4.04. The molecule has 7 heteroatoms. The van der Waals surface area contributed by atoms with Gasteiger partial charge >= 0.3 is 0 Å². The van der Waals surface area contributed by atoms with E-state index in [9.17, 15) is 17.6 Å². The van der Waals surface area contributed by atoms with Gasteiger partial charge in [-0.05, 0) is 43.4 Å². The van der Waals surface area contributed by atoms with Gasteiger partial charge in [0.1, 0.15) is 5.82 Å². The van der Waals surface area contributed by atoms with Crippen molar-refractivity contribution >= 4 is 15.9 Å². The van der Waals surface area contributed by atoms with Crippen LogP contribution in [-0.4, -0.2) is 44.6 Å². The molecule has 1 atom stereocenters. The molecule has 0 radical (unpaired) electrons. The van der Waals surface area contributed by atoms with Gasteiger partial charge in [0.2, 0.25) is 15.9 Å². The highest BCUT2D eigenvalue weighted by Gasteiger charge is 2.26. The van der Waals surface area contributed by atoms with Crippen molar-refractivity contribution in [2.24, 2.45) is 0 Å². The zero-order chi connectivity index (χ0) is 16.9. The Balaban J connectivity index is 1.94. The van der Waals surface area contributed by atoms with Crippen molar-refractivity contribution in [3.8, 4) is 0 Å². The molecule has 0 unspecified atom stereocenters. The molecule has 2 rings (SSSR count). The minimum absolute atomic E-state index is 0.0343. The Hall–Kier alpha value is -1.47. The summed E-state index contributed by atoms with van der Waals surface area (Å²) in [4.78, 5) is 14.2. The molecule has 1 aromatic rings. The van der Waals surface area contributed by atoms with Gasteiger partial charge in [-0.25, -0.2) is 17.5 Å². The van der Waals surface area contributed by atoms with Crippen molar-refractivity contribution in [3.05, 3.63) is 35.6 Å². The SMILES string of the molecule is CS(=O)(=O)NCCC(=O)N1CCCC[C@@H]1Cc1ccc(F)cc1. The quantitative estimate of drug-likeness (QED) is 0.855. The van der Waals surface area contributed by atoms with E-state index in [2.05, 4.69) is 4.72 Å². The molecule has 128 valence electrons. The van der Waals surface area contributed by atoms with Crippen LogP contribution in [-0.2, 0) is 21.2 Å². The predicted molar refractivity (Wildman–Crippen MR) is 86.9 cm³/mol. The number of hydrogen-bond acceptors (Lipinski definition) is 3. The summed E-state index contributed by atoms with van der Waals surface area (Å²) in [5, 5.41) is 0. The van der Waals surface area contributed by atoms with E-state index in [0.717, 1.165) is 31.1 Å². The summed E-state index contributed by atoms with van der Waals surface area (Å²) >= 11 is 0. The summed E-state index contributed by atoms with van der Waals surface area (Å²) in [6.07, 6.45) is 4.89. The first kappa shape index (κ1) is 17.9. The maximum atomic E-state index is 13.0. The van der Waals surface area contributed by atoms with Crippen molar-refractivity contribution in [2.45, 2.75) is 38.1 Å². The summed E-state index contributed by atoms with van der Waals surface area (Å²) in [7, 11) is -3.27. The van der Waals surface area contributed by atoms with Crippen LogP contribution in [0.15, 0.2) is 24.3 Å². The summed E-state index contributed by atoms with van der Waals surface area (Å²) in [5.74, 6) is -0.301. The van der Waals surface area contributed by atoms with Gasteiger partial charge in [0.25, 0.3) is 0 Å². The van der Waals surface area contributed by atoms with Crippen molar-refractivity contribution in [2.75, 3.05) is 19.3 Å². The average Bonchev–Trinajstić information content (AvgIpc) is 2.49. The van der Waals surface area contributed by atoms with Crippen molar-refractivity contribution in [3.63, 3.8) is 0 Å². The van der Waals surface area contributed by atoms with Crippen molar-refractivity contribution < 1.29 is 17.6 Å². The van der Waals surface area contributed by atoms with Crippen LogP contribution in [0.5, 0.6) is 0 Å². The zero-order valence-electron chi connectivity index (χ0n) is 13.3. The standard InChI is InChI=1S/C16H23FN2O3S/c1-23(21,22)18-10-9-16(20)19-11-3-2-4-15(19)12-13-5-7-14(17)8-6-13/h5-8,15,18H,2-4,9-12H2,1H3/t15-/m1/s1. The highest BCUT2D eigenvalue weighted by Crippen LogP contribution is 2.21. The molecule has 1 amide bonds. The smallest absolute Gasteiger partial charge is 0.224 e.